The van der Waals surface area contributed by atoms with Crippen molar-refractivity contribution in [2.75, 3.05) is 14.4 Å². The van der Waals surface area contributed by atoms with Crippen molar-refractivity contribution in [3.63, 3.8) is 0 Å². The Bertz CT molecular complexity index is 1260. The van der Waals surface area contributed by atoms with Crippen molar-refractivity contribution in [2.45, 2.75) is 33.2 Å². The molecule has 0 aliphatic heterocycles. The van der Waals surface area contributed by atoms with Gasteiger partial charge >= 0.3 is 5.97 Å². The molecule has 0 saturated carbocycles. The zero-order valence-corrected chi connectivity index (χ0v) is 21.1. The molecule has 0 radical (unpaired) electrons. The van der Waals surface area contributed by atoms with Gasteiger partial charge in [-0.15, -0.1) is 0 Å². The van der Waals surface area contributed by atoms with Gasteiger partial charge in [0.1, 0.15) is 0 Å². The number of aliphatic carboxylic acids is 1. The molecule has 0 amide bonds. The zero-order valence-electron chi connectivity index (χ0n) is 21.1. The van der Waals surface area contributed by atoms with E-state index in [1.54, 1.807) is 20.0 Å². The Labute approximate surface area is 211 Å². The van der Waals surface area contributed by atoms with Crippen molar-refractivity contribution in [2.24, 2.45) is 11.1 Å². The molecule has 0 aliphatic carbocycles. The topological polar surface area (TPSA) is 89.1 Å². The van der Waals surface area contributed by atoms with Crippen LogP contribution in [-0.2, 0) is 17.8 Å². The van der Waals surface area contributed by atoms with Gasteiger partial charge in [-0.1, -0.05) is 54.6 Å². The van der Waals surface area contributed by atoms with Gasteiger partial charge in [-0.25, -0.2) is 4.98 Å². The molecule has 4 aromatic rings. The van der Waals surface area contributed by atoms with Gasteiger partial charge in [-0.05, 0) is 49.9 Å². The molecule has 2 aromatic heterocycles. The van der Waals surface area contributed by atoms with Gasteiger partial charge in [-0.3, -0.25) is 18.6 Å². The number of rotatable bonds is 7. The molecule has 36 heavy (non-hydrogen) atoms. The first-order chi connectivity index (χ1) is 17.4. The maximum absolute atomic E-state index is 11.6. The van der Waals surface area contributed by atoms with E-state index in [2.05, 4.69) is 35.3 Å². The standard InChI is InChI=1S/C27H27N3O2.2CH3F/c1-27(2,26(31)32)14-12-23-22-16-21(19-6-4-3-5-7-19)25(30-24(22)13-15-29-23)20-10-8-18(17-28)9-11-20;2*1-2/h3-11,13,15-16H,12,14,17,28H2,1-2H3,(H,31,32);2*1H3. The number of benzene rings is 2. The molecule has 7 heteroatoms. The number of pyridine rings is 2. The van der Waals surface area contributed by atoms with Crippen LogP contribution in [0.2, 0.25) is 0 Å². The summed E-state index contributed by atoms with van der Waals surface area (Å²) in [4.78, 5) is 21.2. The summed E-state index contributed by atoms with van der Waals surface area (Å²) in [6.45, 7) is 3.99. The fraction of sp³-hybridized carbons (Fsp3) is 0.276. The number of halogens is 2. The highest BCUT2D eigenvalue weighted by Crippen LogP contribution is 2.35. The highest BCUT2D eigenvalue weighted by Gasteiger charge is 2.27. The van der Waals surface area contributed by atoms with E-state index in [9.17, 15) is 18.7 Å². The maximum Gasteiger partial charge on any atom is 0.309 e. The van der Waals surface area contributed by atoms with Crippen LogP contribution in [0.1, 0.15) is 31.5 Å². The van der Waals surface area contributed by atoms with E-state index in [1.807, 2.05) is 36.4 Å². The molecule has 0 unspecified atom stereocenters. The van der Waals surface area contributed by atoms with Crippen LogP contribution in [0, 0.1) is 5.41 Å². The number of hydrogen-bond donors (Lipinski definition) is 2. The predicted molar refractivity (Wildman–Crippen MR) is 142 cm³/mol. The van der Waals surface area contributed by atoms with Crippen molar-refractivity contribution >= 4 is 16.9 Å². The SMILES string of the molecule is CC(C)(CCc1nccc2nc(-c3ccc(CN)cc3)c(-c3ccccc3)cc12)C(=O)O.CF.CF. The summed E-state index contributed by atoms with van der Waals surface area (Å²) in [6, 6.07) is 22.4. The molecule has 2 heterocycles. The van der Waals surface area contributed by atoms with Crippen LogP contribution in [0.4, 0.5) is 8.78 Å². The van der Waals surface area contributed by atoms with E-state index < -0.39 is 11.4 Å². The van der Waals surface area contributed by atoms with Crippen molar-refractivity contribution < 1.29 is 18.7 Å². The molecule has 2 aromatic carbocycles. The molecule has 0 saturated heterocycles. The van der Waals surface area contributed by atoms with Crippen LogP contribution in [0.3, 0.4) is 0 Å². The summed E-state index contributed by atoms with van der Waals surface area (Å²) in [7, 11) is 1.00. The van der Waals surface area contributed by atoms with E-state index in [4.69, 9.17) is 10.7 Å². The highest BCUT2D eigenvalue weighted by molar-refractivity contribution is 5.92. The molecule has 0 spiro atoms. The Morgan fingerprint density at radius 3 is 2.17 bits per heavy atom. The monoisotopic (exact) mass is 493 g/mol. The third-order valence-electron chi connectivity index (χ3n) is 5.94. The lowest BCUT2D eigenvalue weighted by molar-refractivity contribution is -0.147. The van der Waals surface area contributed by atoms with Gasteiger partial charge in [0.15, 0.2) is 0 Å². The number of carbonyl (C=O) groups is 1. The zero-order chi connectivity index (χ0) is 26.7. The molecule has 0 fully saturated rings. The van der Waals surface area contributed by atoms with Crippen molar-refractivity contribution in [3.8, 4) is 22.4 Å². The molecule has 4 rings (SSSR count). The minimum absolute atomic E-state index is 0.497. The lowest BCUT2D eigenvalue weighted by atomic mass is 9.86. The lowest BCUT2D eigenvalue weighted by Crippen LogP contribution is -2.24. The van der Waals surface area contributed by atoms with E-state index in [-0.39, 0.29) is 0 Å². The third kappa shape index (κ3) is 6.70. The number of aryl methyl sites for hydroxylation is 1. The number of hydrogen-bond acceptors (Lipinski definition) is 4. The second-order valence-corrected chi connectivity index (χ2v) is 8.66. The number of aromatic nitrogens is 2. The van der Waals surface area contributed by atoms with Crippen LogP contribution in [0.25, 0.3) is 33.3 Å². The van der Waals surface area contributed by atoms with Gasteiger partial charge in [0.05, 0.1) is 31.0 Å². The lowest BCUT2D eigenvalue weighted by Gasteiger charge is -2.19. The Morgan fingerprint density at radius 1 is 0.944 bits per heavy atom. The first-order valence-corrected chi connectivity index (χ1v) is 11.5. The first kappa shape index (κ1) is 28.5. The number of carboxylic acids is 1. The third-order valence-corrected chi connectivity index (χ3v) is 5.94. The normalized spacial score (nSPS) is 10.6. The Morgan fingerprint density at radius 2 is 1.58 bits per heavy atom. The molecular weight excluding hydrogens is 460 g/mol. The minimum atomic E-state index is -0.815. The Hall–Kier alpha value is -3.71. The molecule has 0 aliphatic rings. The van der Waals surface area contributed by atoms with Crippen molar-refractivity contribution in [1.29, 1.82) is 0 Å². The number of fused-ring (bicyclic) bond motifs is 1. The number of nitrogens with zero attached hydrogens (tertiary/aromatic N) is 2. The number of alkyl halides is 2. The van der Waals surface area contributed by atoms with Gasteiger partial charge < -0.3 is 10.8 Å². The summed E-state index contributed by atoms with van der Waals surface area (Å²) in [5, 5.41) is 10.4. The van der Waals surface area contributed by atoms with E-state index in [0.717, 1.165) is 44.5 Å². The fourth-order valence-electron chi connectivity index (χ4n) is 3.75. The first-order valence-electron chi connectivity index (χ1n) is 11.5. The fourth-order valence-corrected chi connectivity index (χ4v) is 3.75. The van der Waals surface area contributed by atoms with Crippen LogP contribution >= 0.6 is 0 Å². The average molecular weight is 494 g/mol. The van der Waals surface area contributed by atoms with Crippen LogP contribution in [0.5, 0.6) is 0 Å². The molecule has 190 valence electrons. The smallest absolute Gasteiger partial charge is 0.309 e. The van der Waals surface area contributed by atoms with E-state index in [1.165, 1.54) is 0 Å². The summed E-state index contributed by atoms with van der Waals surface area (Å²) in [5.74, 6) is -0.802. The van der Waals surface area contributed by atoms with Gasteiger partial charge in [0.25, 0.3) is 0 Å². The largest absolute Gasteiger partial charge is 0.481 e. The second kappa shape index (κ2) is 13.4. The second-order valence-electron chi connectivity index (χ2n) is 8.66. The quantitative estimate of drug-likeness (QED) is 0.301. The van der Waals surface area contributed by atoms with Gasteiger partial charge in [0, 0.05) is 34.9 Å². The summed E-state index contributed by atoms with van der Waals surface area (Å²) in [6.07, 6.45) is 2.82. The predicted octanol–water partition coefficient (Wildman–Crippen LogP) is 6.64. The number of nitrogens with two attached hydrogens (primary N) is 1. The van der Waals surface area contributed by atoms with Crippen molar-refractivity contribution in [1.82, 2.24) is 9.97 Å². The molecule has 0 bridgehead atoms. The van der Waals surface area contributed by atoms with E-state index in [0.29, 0.717) is 33.7 Å². The van der Waals surface area contributed by atoms with Gasteiger partial charge in [-0.2, -0.15) is 0 Å². The molecular formula is C29H33F2N3O2. The highest BCUT2D eigenvalue weighted by atomic mass is 19.1. The van der Waals surface area contributed by atoms with Crippen LogP contribution in [-0.4, -0.2) is 35.4 Å². The summed E-state index contributed by atoms with van der Waals surface area (Å²) >= 11 is 0. The maximum atomic E-state index is 11.6. The van der Waals surface area contributed by atoms with E-state index >= 15 is 0 Å². The van der Waals surface area contributed by atoms with Crippen LogP contribution in [0.15, 0.2) is 72.9 Å². The average Bonchev–Trinajstić information content (AvgIpc) is 2.94. The van der Waals surface area contributed by atoms with Crippen LogP contribution < -0.4 is 5.73 Å². The minimum Gasteiger partial charge on any atom is -0.481 e. The number of carboxylic acid groups (broad SMARTS) is 1. The molecule has 5 nitrogen and oxygen atoms in total. The Kier molecular flexibility index (Phi) is 10.6. The molecule has 0 atom stereocenters. The Balaban J connectivity index is 0.00000109. The summed E-state index contributed by atoms with van der Waals surface area (Å²) in [5.41, 5.74) is 11.7. The van der Waals surface area contributed by atoms with Gasteiger partial charge in [0.2, 0.25) is 0 Å². The van der Waals surface area contributed by atoms with Crippen molar-refractivity contribution in [3.05, 3.63) is 84.2 Å². The summed E-state index contributed by atoms with van der Waals surface area (Å²) < 4.78 is 19.0. The molecule has 3 N–H and O–H groups in total.